The van der Waals surface area contributed by atoms with Gasteiger partial charge < -0.3 is 5.32 Å². The Morgan fingerprint density at radius 2 is 1.85 bits per heavy atom. The maximum Gasteiger partial charge on any atom is 0.232 e. The fraction of sp³-hybridized carbons (Fsp3) is 0.235. The summed E-state index contributed by atoms with van der Waals surface area (Å²) in [6, 6.07) is 14.3. The number of rotatable bonds is 2. The van der Waals surface area contributed by atoms with Crippen molar-refractivity contribution in [2.45, 2.75) is 25.2 Å². The molecule has 2 aromatic carbocycles. The van der Waals surface area contributed by atoms with E-state index in [1.54, 1.807) is 18.2 Å². The minimum atomic E-state index is -0.398. The first-order chi connectivity index (χ1) is 9.75. The van der Waals surface area contributed by atoms with Crippen LogP contribution in [0.2, 0.25) is 0 Å². The monoisotopic (exact) mass is 269 g/mol. The normalized spacial score (nSPS) is 17.4. The van der Waals surface area contributed by atoms with Gasteiger partial charge in [-0.15, -0.1) is 0 Å². The standard InChI is InChI=1S/C17H16FNO/c18-15-10-3-4-11-16(15)19-17(20)14-9-5-7-12-6-1-2-8-13(12)14/h1-4,6,8,10-11,14H,5,7,9H2,(H,19,20). The molecule has 1 unspecified atom stereocenters. The van der Waals surface area contributed by atoms with E-state index in [1.807, 2.05) is 18.2 Å². The van der Waals surface area contributed by atoms with Crippen LogP contribution < -0.4 is 5.32 Å². The largest absolute Gasteiger partial charge is 0.323 e. The highest BCUT2D eigenvalue weighted by Gasteiger charge is 2.26. The summed E-state index contributed by atoms with van der Waals surface area (Å²) >= 11 is 0. The molecule has 1 aliphatic carbocycles. The molecule has 0 aliphatic heterocycles. The van der Waals surface area contributed by atoms with Crippen molar-refractivity contribution in [3.05, 3.63) is 65.5 Å². The molecule has 0 heterocycles. The quantitative estimate of drug-likeness (QED) is 0.880. The molecule has 0 fully saturated rings. The Hall–Kier alpha value is -2.16. The number of nitrogens with one attached hydrogen (secondary N) is 1. The van der Waals surface area contributed by atoms with Crippen LogP contribution >= 0.6 is 0 Å². The molecule has 1 atom stereocenters. The van der Waals surface area contributed by atoms with Crippen molar-refractivity contribution in [3.8, 4) is 0 Å². The van der Waals surface area contributed by atoms with E-state index < -0.39 is 5.82 Å². The molecule has 1 amide bonds. The first kappa shape index (κ1) is 12.9. The Kier molecular flexibility index (Phi) is 3.50. The summed E-state index contributed by atoms with van der Waals surface area (Å²) in [5.41, 5.74) is 2.56. The zero-order chi connectivity index (χ0) is 13.9. The molecular weight excluding hydrogens is 253 g/mol. The van der Waals surface area contributed by atoms with Crippen LogP contribution in [0.4, 0.5) is 10.1 Å². The number of halogens is 1. The highest BCUT2D eigenvalue weighted by Crippen LogP contribution is 2.32. The lowest BCUT2D eigenvalue weighted by molar-refractivity contribution is -0.117. The molecule has 0 saturated heterocycles. The van der Waals surface area contributed by atoms with Crippen LogP contribution in [0.1, 0.15) is 29.9 Å². The van der Waals surface area contributed by atoms with Gasteiger partial charge in [-0.3, -0.25) is 4.79 Å². The predicted octanol–water partition coefficient (Wildman–Crippen LogP) is 3.88. The minimum absolute atomic E-state index is 0.123. The van der Waals surface area contributed by atoms with Gasteiger partial charge in [-0.25, -0.2) is 4.39 Å². The second-order valence-electron chi connectivity index (χ2n) is 5.11. The van der Waals surface area contributed by atoms with Gasteiger partial charge in [0.05, 0.1) is 11.6 Å². The average Bonchev–Trinajstić information content (AvgIpc) is 2.49. The van der Waals surface area contributed by atoms with Gasteiger partial charge in [0.15, 0.2) is 0 Å². The van der Waals surface area contributed by atoms with E-state index in [9.17, 15) is 9.18 Å². The number of anilines is 1. The van der Waals surface area contributed by atoms with Crippen LogP contribution in [0.5, 0.6) is 0 Å². The van der Waals surface area contributed by atoms with E-state index in [0.717, 1.165) is 24.8 Å². The molecule has 3 heteroatoms. The van der Waals surface area contributed by atoms with Crippen molar-refractivity contribution in [1.82, 2.24) is 0 Å². The topological polar surface area (TPSA) is 29.1 Å². The lowest BCUT2D eigenvalue weighted by Gasteiger charge is -2.24. The van der Waals surface area contributed by atoms with Gasteiger partial charge in [0, 0.05) is 0 Å². The first-order valence-corrected chi connectivity index (χ1v) is 6.89. The number of fused-ring (bicyclic) bond motifs is 1. The van der Waals surface area contributed by atoms with Crippen LogP contribution in [-0.2, 0) is 11.2 Å². The molecule has 2 nitrogen and oxygen atoms in total. The summed E-state index contributed by atoms with van der Waals surface area (Å²) < 4.78 is 13.6. The zero-order valence-electron chi connectivity index (χ0n) is 11.1. The Morgan fingerprint density at radius 1 is 1.10 bits per heavy atom. The summed E-state index contributed by atoms with van der Waals surface area (Å²) in [5.74, 6) is -0.702. The number of hydrogen-bond acceptors (Lipinski definition) is 1. The van der Waals surface area contributed by atoms with E-state index >= 15 is 0 Å². The van der Waals surface area contributed by atoms with Gasteiger partial charge in [0.2, 0.25) is 5.91 Å². The van der Waals surface area contributed by atoms with Crippen LogP contribution in [0, 0.1) is 5.82 Å². The second-order valence-corrected chi connectivity index (χ2v) is 5.11. The van der Waals surface area contributed by atoms with Gasteiger partial charge in [-0.05, 0) is 42.5 Å². The summed E-state index contributed by atoms with van der Waals surface area (Å²) in [7, 11) is 0. The van der Waals surface area contributed by atoms with Gasteiger partial charge >= 0.3 is 0 Å². The van der Waals surface area contributed by atoms with Crippen molar-refractivity contribution in [1.29, 1.82) is 0 Å². The van der Waals surface area contributed by atoms with Crippen molar-refractivity contribution < 1.29 is 9.18 Å². The number of amides is 1. The van der Waals surface area contributed by atoms with Crippen LogP contribution in [0.25, 0.3) is 0 Å². The Morgan fingerprint density at radius 3 is 2.70 bits per heavy atom. The fourth-order valence-electron chi connectivity index (χ4n) is 2.81. The number of benzene rings is 2. The van der Waals surface area contributed by atoms with Crippen molar-refractivity contribution in [2.24, 2.45) is 0 Å². The van der Waals surface area contributed by atoms with Crippen molar-refractivity contribution in [3.63, 3.8) is 0 Å². The Bertz CT molecular complexity index is 638. The summed E-state index contributed by atoms with van der Waals surface area (Å²) in [5, 5.41) is 2.71. The molecule has 102 valence electrons. The van der Waals surface area contributed by atoms with Crippen LogP contribution in [-0.4, -0.2) is 5.91 Å². The maximum absolute atomic E-state index is 13.6. The molecule has 0 bridgehead atoms. The molecule has 2 aromatic rings. The van der Waals surface area contributed by atoms with E-state index in [1.165, 1.54) is 11.6 Å². The maximum atomic E-state index is 13.6. The molecule has 0 saturated carbocycles. The average molecular weight is 269 g/mol. The molecule has 3 rings (SSSR count). The van der Waals surface area contributed by atoms with Gasteiger partial charge in [0.1, 0.15) is 5.82 Å². The third-order valence-corrected chi connectivity index (χ3v) is 3.82. The number of carbonyl (C=O) groups excluding carboxylic acids is 1. The lowest BCUT2D eigenvalue weighted by Crippen LogP contribution is -2.25. The van der Waals surface area contributed by atoms with Gasteiger partial charge in [0.25, 0.3) is 0 Å². The highest BCUT2D eigenvalue weighted by atomic mass is 19.1. The molecular formula is C17H16FNO. The van der Waals surface area contributed by atoms with E-state index in [2.05, 4.69) is 11.4 Å². The van der Waals surface area contributed by atoms with E-state index in [0.29, 0.717) is 0 Å². The van der Waals surface area contributed by atoms with Crippen LogP contribution in [0.15, 0.2) is 48.5 Å². The molecule has 0 aromatic heterocycles. The molecule has 0 radical (unpaired) electrons. The lowest BCUT2D eigenvalue weighted by atomic mass is 9.82. The predicted molar refractivity (Wildman–Crippen MR) is 77.2 cm³/mol. The van der Waals surface area contributed by atoms with E-state index in [4.69, 9.17) is 0 Å². The van der Waals surface area contributed by atoms with Crippen LogP contribution in [0.3, 0.4) is 0 Å². The van der Waals surface area contributed by atoms with Gasteiger partial charge in [-0.2, -0.15) is 0 Å². The second kappa shape index (κ2) is 5.45. The van der Waals surface area contributed by atoms with E-state index in [-0.39, 0.29) is 17.5 Å². The SMILES string of the molecule is O=C(Nc1ccccc1F)C1CCCc2ccccc21. The Balaban J connectivity index is 1.84. The third kappa shape index (κ3) is 2.44. The molecule has 1 aliphatic rings. The number of aryl methyl sites for hydroxylation is 1. The smallest absolute Gasteiger partial charge is 0.232 e. The molecule has 20 heavy (non-hydrogen) atoms. The molecule has 1 N–H and O–H groups in total. The number of hydrogen-bond donors (Lipinski definition) is 1. The van der Waals surface area contributed by atoms with Crippen molar-refractivity contribution >= 4 is 11.6 Å². The molecule has 0 spiro atoms. The van der Waals surface area contributed by atoms with Crippen molar-refractivity contribution in [2.75, 3.05) is 5.32 Å². The third-order valence-electron chi connectivity index (χ3n) is 3.82. The minimum Gasteiger partial charge on any atom is -0.323 e. The summed E-state index contributed by atoms with van der Waals surface area (Å²) in [6.07, 6.45) is 2.82. The highest BCUT2D eigenvalue weighted by molar-refractivity contribution is 5.96. The Labute approximate surface area is 117 Å². The summed E-state index contributed by atoms with van der Waals surface area (Å²) in [6.45, 7) is 0. The number of para-hydroxylation sites is 1. The number of carbonyl (C=O) groups is 1. The zero-order valence-corrected chi connectivity index (χ0v) is 11.1. The van der Waals surface area contributed by atoms with Gasteiger partial charge in [-0.1, -0.05) is 36.4 Å². The summed E-state index contributed by atoms with van der Waals surface area (Å²) in [4.78, 5) is 12.4. The first-order valence-electron chi connectivity index (χ1n) is 6.89. The fourth-order valence-corrected chi connectivity index (χ4v) is 2.81.